The molecule has 1 amide bonds. The molecule has 1 aromatic rings. The summed E-state index contributed by atoms with van der Waals surface area (Å²) >= 11 is 0. The molecule has 3 heteroatoms. The van der Waals surface area contributed by atoms with E-state index in [2.05, 4.69) is 17.2 Å². The number of rotatable bonds is 9. The average molecular weight is 260 g/mol. The van der Waals surface area contributed by atoms with E-state index in [4.69, 9.17) is 0 Å². The van der Waals surface area contributed by atoms with Gasteiger partial charge in [-0.15, -0.1) is 0 Å². The largest absolute Gasteiger partial charge is 0.353 e. The normalized spacial score (nSPS) is 10.8. The van der Waals surface area contributed by atoms with E-state index in [0.717, 1.165) is 18.5 Å². The Bertz CT molecular complexity index is 374. The maximum absolute atomic E-state index is 11.5. The smallest absolute Gasteiger partial charge is 0.243 e. The van der Waals surface area contributed by atoms with Gasteiger partial charge < -0.3 is 5.32 Å². The van der Waals surface area contributed by atoms with Crippen molar-refractivity contribution in [3.8, 4) is 0 Å². The summed E-state index contributed by atoms with van der Waals surface area (Å²) in [5.41, 5.74) is 0.942. The number of aromatic nitrogens is 1. The Morgan fingerprint density at radius 1 is 1.26 bits per heavy atom. The molecule has 0 aliphatic carbocycles. The molecule has 1 aromatic heterocycles. The second-order valence-electron chi connectivity index (χ2n) is 4.68. The monoisotopic (exact) mass is 260 g/mol. The van der Waals surface area contributed by atoms with Gasteiger partial charge in [-0.1, -0.05) is 45.1 Å². The fourth-order valence-electron chi connectivity index (χ4n) is 1.82. The highest BCUT2D eigenvalue weighted by molar-refractivity contribution is 5.91. The van der Waals surface area contributed by atoms with E-state index in [0.29, 0.717) is 0 Å². The standard InChI is InChI=1S/C16H24N2O/c1-2-3-4-5-6-7-13-18-16(19)11-10-15-9-8-12-17-14-15/h8-12,14H,2-7,13H2,1H3,(H,18,19)/b11-10+. The number of amides is 1. The van der Waals surface area contributed by atoms with Crippen molar-refractivity contribution < 1.29 is 4.79 Å². The lowest BCUT2D eigenvalue weighted by molar-refractivity contribution is -0.116. The van der Waals surface area contributed by atoms with Gasteiger partial charge in [-0.05, 0) is 24.1 Å². The SMILES string of the molecule is CCCCCCCCNC(=O)/C=C/c1cccnc1. The highest BCUT2D eigenvalue weighted by atomic mass is 16.1. The van der Waals surface area contributed by atoms with Crippen LogP contribution in [-0.2, 0) is 4.79 Å². The highest BCUT2D eigenvalue weighted by Crippen LogP contribution is 2.04. The molecule has 19 heavy (non-hydrogen) atoms. The Balaban J connectivity index is 2.07. The molecule has 1 rings (SSSR count). The first-order valence-electron chi connectivity index (χ1n) is 7.19. The van der Waals surface area contributed by atoms with E-state index in [1.807, 2.05) is 12.1 Å². The van der Waals surface area contributed by atoms with Gasteiger partial charge in [0.15, 0.2) is 0 Å². The minimum atomic E-state index is -0.0302. The number of unbranched alkanes of at least 4 members (excludes halogenated alkanes) is 5. The molecule has 0 saturated carbocycles. The lowest BCUT2D eigenvalue weighted by Gasteiger charge is -2.02. The molecule has 0 aliphatic rings. The molecule has 0 aliphatic heterocycles. The van der Waals surface area contributed by atoms with E-state index in [1.54, 1.807) is 24.5 Å². The number of nitrogens with zero attached hydrogens (tertiary/aromatic N) is 1. The van der Waals surface area contributed by atoms with Gasteiger partial charge in [-0.3, -0.25) is 9.78 Å². The van der Waals surface area contributed by atoms with Crippen LogP contribution in [-0.4, -0.2) is 17.4 Å². The fourth-order valence-corrected chi connectivity index (χ4v) is 1.82. The summed E-state index contributed by atoms with van der Waals surface area (Å²) in [6.07, 6.45) is 14.2. The molecule has 0 unspecified atom stereocenters. The van der Waals surface area contributed by atoms with Crippen molar-refractivity contribution >= 4 is 12.0 Å². The van der Waals surface area contributed by atoms with Gasteiger partial charge in [0.25, 0.3) is 0 Å². The molecule has 104 valence electrons. The van der Waals surface area contributed by atoms with Crippen molar-refractivity contribution in [1.82, 2.24) is 10.3 Å². The number of carbonyl (C=O) groups excluding carboxylic acids is 1. The van der Waals surface area contributed by atoms with Crippen molar-refractivity contribution in [2.75, 3.05) is 6.54 Å². The van der Waals surface area contributed by atoms with Crippen LogP contribution in [0.4, 0.5) is 0 Å². The molecule has 0 fully saturated rings. The van der Waals surface area contributed by atoms with E-state index >= 15 is 0 Å². The predicted octanol–water partition coefficient (Wildman–Crippen LogP) is 3.57. The first-order chi connectivity index (χ1) is 9.33. The van der Waals surface area contributed by atoms with Crippen molar-refractivity contribution in [1.29, 1.82) is 0 Å². The Labute approximate surface area is 116 Å². The van der Waals surface area contributed by atoms with Gasteiger partial charge in [-0.25, -0.2) is 0 Å². The average Bonchev–Trinajstić information content (AvgIpc) is 2.45. The molecular formula is C16H24N2O. The number of hydrogen-bond donors (Lipinski definition) is 1. The van der Waals surface area contributed by atoms with Crippen LogP contribution in [0.1, 0.15) is 51.0 Å². The first-order valence-corrected chi connectivity index (χ1v) is 7.19. The zero-order valence-corrected chi connectivity index (χ0v) is 11.8. The summed E-state index contributed by atoms with van der Waals surface area (Å²) in [6, 6.07) is 3.78. The first kappa shape index (κ1) is 15.4. The molecule has 0 saturated heterocycles. The van der Waals surface area contributed by atoms with Gasteiger partial charge in [0.05, 0.1) is 0 Å². The minimum absolute atomic E-state index is 0.0302. The van der Waals surface area contributed by atoms with Gasteiger partial charge in [0.1, 0.15) is 0 Å². The molecule has 0 atom stereocenters. The van der Waals surface area contributed by atoms with Crippen LogP contribution >= 0.6 is 0 Å². The minimum Gasteiger partial charge on any atom is -0.353 e. The highest BCUT2D eigenvalue weighted by Gasteiger charge is 1.95. The molecule has 0 spiro atoms. The number of nitrogens with one attached hydrogen (secondary N) is 1. The third-order valence-corrected chi connectivity index (χ3v) is 2.94. The maximum atomic E-state index is 11.5. The van der Waals surface area contributed by atoms with Gasteiger partial charge >= 0.3 is 0 Å². The topological polar surface area (TPSA) is 42.0 Å². The van der Waals surface area contributed by atoms with Gasteiger partial charge in [0, 0.05) is 25.0 Å². The predicted molar refractivity (Wildman–Crippen MR) is 79.7 cm³/mol. The number of pyridine rings is 1. The Morgan fingerprint density at radius 2 is 2.05 bits per heavy atom. The summed E-state index contributed by atoms with van der Waals surface area (Å²) in [7, 11) is 0. The van der Waals surface area contributed by atoms with Gasteiger partial charge in [0.2, 0.25) is 5.91 Å². The van der Waals surface area contributed by atoms with Crippen LogP contribution in [0.5, 0.6) is 0 Å². The van der Waals surface area contributed by atoms with Crippen LogP contribution in [0, 0.1) is 0 Å². The van der Waals surface area contributed by atoms with Crippen LogP contribution in [0.25, 0.3) is 6.08 Å². The van der Waals surface area contributed by atoms with Crippen LogP contribution < -0.4 is 5.32 Å². The van der Waals surface area contributed by atoms with Crippen molar-refractivity contribution in [2.24, 2.45) is 0 Å². The Hall–Kier alpha value is -1.64. The van der Waals surface area contributed by atoms with E-state index in [9.17, 15) is 4.79 Å². The second kappa shape index (κ2) is 10.3. The van der Waals surface area contributed by atoms with Crippen molar-refractivity contribution in [3.63, 3.8) is 0 Å². The zero-order valence-electron chi connectivity index (χ0n) is 11.8. The van der Waals surface area contributed by atoms with E-state index in [-0.39, 0.29) is 5.91 Å². The zero-order chi connectivity index (χ0) is 13.8. The van der Waals surface area contributed by atoms with Crippen LogP contribution in [0.15, 0.2) is 30.6 Å². The quantitative estimate of drug-likeness (QED) is 0.545. The molecule has 0 radical (unpaired) electrons. The summed E-state index contributed by atoms with van der Waals surface area (Å²) in [6.45, 7) is 2.98. The Kier molecular flexibility index (Phi) is 8.36. The maximum Gasteiger partial charge on any atom is 0.243 e. The van der Waals surface area contributed by atoms with Crippen molar-refractivity contribution in [2.45, 2.75) is 45.4 Å². The summed E-state index contributed by atoms with van der Waals surface area (Å²) in [4.78, 5) is 15.5. The lowest BCUT2D eigenvalue weighted by atomic mass is 10.1. The number of hydrogen-bond acceptors (Lipinski definition) is 2. The van der Waals surface area contributed by atoms with Gasteiger partial charge in [-0.2, -0.15) is 0 Å². The summed E-state index contributed by atoms with van der Waals surface area (Å²) in [5, 5.41) is 2.90. The molecule has 3 nitrogen and oxygen atoms in total. The van der Waals surface area contributed by atoms with E-state index < -0.39 is 0 Å². The fraction of sp³-hybridized carbons (Fsp3) is 0.500. The molecular weight excluding hydrogens is 236 g/mol. The third kappa shape index (κ3) is 8.14. The Morgan fingerprint density at radius 3 is 2.79 bits per heavy atom. The summed E-state index contributed by atoms with van der Waals surface area (Å²) < 4.78 is 0. The third-order valence-electron chi connectivity index (χ3n) is 2.94. The second-order valence-corrected chi connectivity index (χ2v) is 4.68. The molecule has 1 N–H and O–H groups in total. The van der Waals surface area contributed by atoms with Crippen molar-refractivity contribution in [3.05, 3.63) is 36.2 Å². The molecule has 1 heterocycles. The summed E-state index contributed by atoms with van der Waals surface area (Å²) in [5.74, 6) is -0.0302. The molecule has 0 aromatic carbocycles. The van der Waals surface area contributed by atoms with Crippen LogP contribution in [0.3, 0.4) is 0 Å². The lowest BCUT2D eigenvalue weighted by Crippen LogP contribution is -2.21. The van der Waals surface area contributed by atoms with E-state index in [1.165, 1.54) is 32.1 Å². The molecule has 0 bridgehead atoms. The number of carbonyl (C=O) groups is 1. The van der Waals surface area contributed by atoms with Crippen LogP contribution in [0.2, 0.25) is 0 Å².